The minimum atomic E-state index is -5.21. The molecular weight excluding hydrogens is 450 g/mol. The number of nitrogens with one attached hydrogen (secondary N) is 1. The second kappa shape index (κ2) is 9.73. The van der Waals surface area contributed by atoms with Crippen LogP contribution in [0.4, 0.5) is 39.5 Å². The molecule has 28 heavy (non-hydrogen) atoms. The molecule has 13 heteroatoms. The smallest absolute Gasteiger partial charge is 0.314 e. The zero-order valence-corrected chi connectivity index (χ0v) is 15.6. The standard InChI is InChI=1S/C15H15F9N2.2ClH/c16-13(17,18)8-12(26-5-3-25-4-6-26)10-2-1-9(14(19,20)21)7-11(10)15(22,23)24;;/h1-2,7,12,25H,3-6,8H2;2*1H/t12-;;/m0../s1. The second-order valence-corrected chi connectivity index (χ2v) is 5.92. The third-order valence-electron chi connectivity index (χ3n) is 4.06. The molecule has 1 saturated heterocycles. The van der Waals surface area contributed by atoms with Gasteiger partial charge in [0.2, 0.25) is 0 Å². The topological polar surface area (TPSA) is 15.3 Å². The van der Waals surface area contributed by atoms with Crippen LogP contribution in [-0.2, 0) is 12.4 Å². The summed E-state index contributed by atoms with van der Waals surface area (Å²) in [5, 5.41) is 2.86. The number of alkyl halides is 9. The molecule has 1 fully saturated rings. The molecule has 0 aromatic heterocycles. The molecule has 0 saturated carbocycles. The van der Waals surface area contributed by atoms with Gasteiger partial charge in [0.15, 0.2) is 0 Å². The Bertz CT molecular complexity index is 623. The number of hydrogen-bond donors (Lipinski definition) is 1. The Morgan fingerprint density at radius 3 is 1.82 bits per heavy atom. The highest BCUT2D eigenvalue weighted by Gasteiger charge is 2.43. The number of piperazine rings is 1. The fraction of sp³-hybridized carbons (Fsp3) is 0.600. The van der Waals surface area contributed by atoms with Gasteiger partial charge >= 0.3 is 18.5 Å². The van der Waals surface area contributed by atoms with Gasteiger partial charge in [-0.3, -0.25) is 4.90 Å². The maximum absolute atomic E-state index is 13.3. The Kier molecular flexibility index (Phi) is 9.41. The lowest BCUT2D eigenvalue weighted by molar-refractivity contribution is -0.154. The molecule has 0 unspecified atom stereocenters. The van der Waals surface area contributed by atoms with Gasteiger partial charge in [0.05, 0.1) is 17.5 Å². The largest absolute Gasteiger partial charge is 0.416 e. The van der Waals surface area contributed by atoms with Crippen LogP contribution in [0.3, 0.4) is 0 Å². The van der Waals surface area contributed by atoms with E-state index in [9.17, 15) is 39.5 Å². The van der Waals surface area contributed by atoms with Crippen LogP contribution in [0.1, 0.15) is 29.2 Å². The zero-order valence-electron chi connectivity index (χ0n) is 14.0. The van der Waals surface area contributed by atoms with Crippen molar-refractivity contribution in [2.24, 2.45) is 0 Å². The van der Waals surface area contributed by atoms with Gasteiger partial charge in [0.1, 0.15) is 0 Å². The van der Waals surface area contributed by atoms with Crippen LogP contribution in [0.15, 0.2) is 18.2 Å². The SMILES string of the molecule is Cl.Cl.FC(F)(F)C[C@@H](c1ccc(C(F)(F)F)cc1C(F)(F)F)N1CCNCC1. The Labute approximate surface area is 167 Å². The fourth-order valence-electron chi connectivity index (χ4n) is 2.92. The predicted octanol–water partition coefficient (Wildman–Crippen LogP) is 5.47. The summed E-state index contributed by atoms with van der Waals surface area (Å²) in [5.74, 6) is 0. The summed E-state index contributed by atoms with van der Waals surface area (Å²) in [6.07, 6.45) is -16.6. The van der Waals surface area contributed by atoms with Crippen LogP contribution in [0, 0.1) is 0 Å². The van der Waals surface area contributed by atoms with Crippen molar-refractivity contribution < 1.29 is 39.5 Å². The summed E-state index contributed by atoms with van der Waals surface area (Å²) >= 11 is 0. The zero-order chi connectivity index (χ0) is 19.8. The molecule has 1 heterocycles. The molecule has 0 radical (unpaired) electrons. The number of benzene rings is 1. The summed E-state index contributed by atoms with van der Waals surface area (Å²) < 4.78 is 117. The van der Waals surface area contributed by atoms with E-state index in [2.05, 4.69) is 5.32 Å². The lowest BCUT2D eigenvalue weighted by Crippen LogP contribution is -2.46. The number of hydrogen-bond acceptors (Lipinski definition) is 2. The molecule has 0 spiro atoms. The molecule has 1 N–H and O–H groups in total. The Hall–Kier alpha value is -0.910. The predicted molar refractivity (Wildman–Crippen MR) is 88.8 cm³/mol. The Morgan fingerprint density at radius 1 is 0.857 bits per heavy atom. The number of rotatable bonds is 3. The first kappa shape index (κ1) is 27.1. The number of halogens is 11. The highest BCUT2D eigenvalue weighted by atomic mass is 35.5. The molecule has 1 aliphatic heterocycles. The van der Waals surface area contributed by atoms with Crippen LogP contribution in [-0.4, -0.2) is 37.3 Å². The summed E-state index contributed by atoms with van der Waals surface area (Å²) in [7, 11) is 0. The van der Waals surface area contributed by atoms with Crippen LogP contribution in [0.5, 0.6) is 0 Å². The van der Waals surface area contributed by atoms with Gasteiger partial charge < -0.3 is 5.32 Å². The molecule has 1 aliphatic rings. The summed E-state index contributed by atoms with van der Waals surface area (Å²) in [5.41, 5.74) is -4.05. The summed E-state index contributed by atoms with van der Waals surface area (Å²) in [6.45, 7) is 0.658. The maximum atomic E-state index is 13.3. The summed E-state index contributed by atoms with van der Waals surface area (Å²) in [4.78, 5) is 1.21. The third kappa shape index (κ3) is 7.16. The lowest BCUT2D eigenvalue weighted by Gasteiger charge is -2.36. The van der Waals surface area contributed by atoms with Gasteiger partial charge in [-0.05, 0) is 17.7 Å². The van der Waals surface area contributed by atoms with E-state index in [0.717, 1.165) is 0 Å². The average molecular weight is 467 g/mol. The lowest BCUT2D eigenvalue weighted by atomic mass is 9.93. The normalized spacial score (nSPS) is 17.5. The second-order valence-electron chi connectivity index (χ2n) is 5.92. The maximum Gasteiger partial charge on any atom is 0.416 e. The van der Waals surface area contributed by atoms with Crippen molar-refractivity contribution in [2.45, 2.75) is 31.0 Å². The molecule has 0 bridgehead atoms. The Balaban J connectivity index is 0.00000364. The van der Waals surface area contributed by atoms with Gasteiger partial charge in [-0.1, -0.05) is 6.07 Å². The Morgan fingerprint density at radius 2 is 1.39 bits per heavy atom. The average Bonchev–Trinajstić information content (AvgIpc) is 2.50. The minimum Gasteiger partial charge on any atom is -0.314 e. The molecule has 0 amide bonds. The van der Waals surface area contributed by atoms with E-state index in [1.165, 1.54) is 4.90 Å². The van der Waals surface area contributed by atoms with Crippen molar-refractivity contribution in [3.63, 3.8) is 0 Å². The van der Waals surface area contributed by atoms with Crippen LogP contribution < -0.4 is 5.32 Å². The van der Waals surface area contributed by atoms with E-state index in [1.807, 2.05) is 0 Å². The molecule has 1 atom stereocenters. The van der Waals surface area contributed by atoms with Gasteiger partial charge in [0.25, 0.3) is 0 Å². The molecule has 2 rings (SSSR count). The molecule has 1 aromatic carbocycles. The van der Waals surface area contributed by atoms with E-state index in [0.29, 0.717) is 12.1 Å². The fourth-order valence-corrected chi connectivity index (χ4v) is 2.92. The van der Waals surface area contributed by atoms with Crippen molar-refractivity contribution in [3.05, 3.63) is 34.9 Å². The molecule has 164 valence electrons. The monoisotopic (exact) mass is 466 g/mol. The quantitative estimate of drug-likeness (QED) is 0.594. The van der Waals surface area contributed by atoms with Gasteiger partial charge in [-0.15, -0.1) is 24.8 Å². The van der Waals surface area contributed by atoms with E-state index >= 15 is 0 Å². The van der Waals surface area contributed by atoms with Crippen LogP contribution in [0.2, 0.25) is 0 Å². The first-order valence-electron chi connectivity index (χ1n) is 7.59. The molecular formula is C15H17Cl2F9N2. The van der Waals surface area contributed by atoms with Crippen molar-refractivity contribution in [3.8, 4) is 0 Å². The van der Waals surface area contributed by atoms with Crippen molar-refractivity contribution >= 4 is 24.8 Å². The molecule has 2 nitrogen and oxygen atoms in total. The number of nitrogens with zero attached hydrogens (tertiary/aromatic N) is 1. The summed E-state index contributed by atoms with van der Waals surface area (Å²) in [6, 6.07) is -0.947. The molecule has 0 aliphatic carbocycles. The van der Waals surface area contributed by atoms with Crippen molar-refractivity contribution in [1.82, 2.24) is 10.2 Å². The highest BCUT2D eigenvalue weighted by molar-refractivity contribution is 5.85. The third-order valence-corrected chi connectivity index (χ3v) is 4.06. The van der Waals surface area contributed by atoms with E-state index in [4.69, 9.17) is 0 Å². The first-order chi connectivity index (χ1) is 11.8. The van der Waals surface area contributed by atoms with E-state index in [1.54, 1.807) is 0 Å². The van der Waals surface area contributed by atoms with Gasteiger partial charge in [-0.2, -0.15) is 39.5 Å². The van der Waals surface area contributed by atoms with Gasteiger partial charge in [0, 0.05) is 32.2 Å². The first-order valence-corrected chi connectivity index (χ1v) is 7.59. The van der Waals surface area contributed by atoms with Crippen LogP contribution >= 0.6 is 24.8 Å². The van der Waals surface area contributed by atoms with E-state index in [-0.39, 0.29) is 57.1 Å². The van der Waals surface area contributed by atoms with Crippen LogP contribution in [0.25, 0.3) is 0 Å². The van der Waals surface area contributed by atoms with E-state index < -0.39 is 47.7 Å². The van der Waals surface area contributed by atoms with Gasteiger partial charge in [-0.25, -0.2) is 0 Å². The highest BCUT2D eigenvalue weighted by Crippen LogP contribution is 2.43. The van der Waals surface area contributed by atoms with Crippen molar-refractivity contribution in [1.29, 1.82) is 0 Å². The minimum absolute atomic E-state index is 0. The van der Waals surface area contributed by atoms with Crippen molar-refractivity contribution in [2.75, 3.05) is 26.2 Å². The molecule has 1 aromatic rings.